The van der Waals surface area contributed by atoms with Gasteiger partial charge in [-0.1, -0.05) is 15.5 Å². The molecule has 1 unspecified atom stereocenters. The summed E-state index contributed by atoms with van der Waals surface area (Å²) in [6.45, 7) is 0. The largest absolute Gasteiger partial charge is 2.00 e. The third kappa shape index (κ3) is 6.23. The van der Waals surface area contributed by atoms with Crippen molar-refractivity contribution in [1.29, 1.82) is 0 Å². The van der Waals surface area contributed by atoms with Gasteiger partial charge in [0.25, 0.3) is 0 Å². The molecule has 2 aromatic rings. The fourth-order valence-electron chi connectivity index (χ4n) is 0.758. The number of rotatable bonds is 1. The molecule has 2 aromatic carbocycles. The van der Waals surface area contributed by atoms with Crippen LogP contribution in [-0.2, 0) is 17.1 Å². The Morgan fingerprint density at radius 3 is 2.00 bits per heavy atom. The van der Waals surface area contributed by atoms with Crippen molar-refractivity contribution in [3.8, 4) is 0 Å². The van der Waals surface area contributed by atoms with Crippen LogP contribution < -0.4 is 5.30 Å². The predicted octanol–water partition coefficient (Wildman–Crippen LogP) is 3.42. The molecule has 0 aromatic heterocycles. The van der Waals surface area contributed by atoms with Crippen molar-refractivity contribution >= 4 is 28.1 Å². The van der Waals surface area contributed by atoms with Crippen molar-refractivity contribution < 1.29 is 17.1 Å². The Morgan fingerprint density at radius 2 is 1.77 bits per heavy atom. The predicted molar refractivity (Wildman–Crippen MR) is 60.9 cm³/mol. The molecule has 3 heteroatoms. The molecule has 0 fully saturated rings. The van der Waals surface area contributed by atoms with E-state index in [1.165, 1.54) is 5.30 Å². The second-order valence-electron chi connectivity index (χ2n) is 2.23. The van der Waals surface area contributed by atoms with Gasteiger partial charge in [0.2, 0.25) is 0 Å². The van der Waals surface area contributed by atoms with E-state index in [1.807, 2.05) is 42.5 Å². The molecule has 0 aliphatic rings. The molecule has 2 rings (SSSR count). The summed E-state index contributed by atoms with van der Waals surface area (Å²) in [5.74, 6) is 0. The topological polar surface area (TPSA) is 0 Å². The summed E-state index contributed by atoms with van der Waals surface area (Å²) in [6.07, 6.45) is 0. The van der Waals surface area contributed by atoms with Crippen LogP contribution in [0.4, 0.5) is 0 Å². The smallest absolute Gasteiger partial charge is 0.214 e. The van der Waals surface area contributed by atoms with Crippen molar-refractivity contribution in [2.75, 3.05) is 0 Å². The maximum Gasteiger partial charge on any atom is 2.00 e. The Hall–Kier alpha value is 0.129. The number of hydrogen-bond donors (Lipinski definition) is 0. The van der Waals surface area contributed by atoms with Crippen LogP contribution in [0.2, 0.25) is 0 Å². The van der Waals surface area contributed by atoms with Crippen LogP contribution in [-0.4, -0.2) is 0 Å². The molecule has 0 spiro atoms. The average Bonchev–Trinajstić information content (AvgIpc) is 2.81. The molecule has 0 saturated carbocycles. The number of hydrogen-bond acceptors (Lipinski definition) is 0. The number of halogens is 1. The maximum atomic E-state index is 3.36. The van der Waals surface area contributed by atoms with E-state index < -0.39 is 0 Å². The van der Waals surface area contributed by atoms with Crippen molar-refractivity contribution in [3.63, 3.8) is 0 Å². The fraction of sp³-hybridized carbons (Fsp3) is 0. The van der Waals surface area contributed by atoms with E-state index in [0.29, 0.717) is 0 Å². The molecule has 0 heterocycles. The quantitative estimate of drug-likeness (QED) is 0.430. The van der Waals surface area contributed by atoms with Gasteiger partial charge in [0.15, 0.2) is 0 Å². The summed E-state index contributed by atoms with van der Waals surface area (Å²) in [7, 11) is 0.767. The zero-order chi connectivity index (χ0) is 8.65. The molecule has 0 aliphatic heterocycles. The van der Waals surface area contributed by atoms with Gasteiger partial charge < -0.3 is 0 Å². The van der Waals surface area contributed by atoms with Gasteiger partial charge in [-0.25, -0.2) is 24.3 Å². The molecule has 70 valence electrons. The van der Waals surface area contributed by atoms with E-state index in [2.05, 4.69) is 27.6 Å². The summed E-state index contributed by atoms with van der Waals surface area (Å²) < 4.78 is 0. The van der Waals surface area contributed by atoms with Crippen LogP contribution >= 0.6 is 22.8 Å². The molecule has 0 amide bonds. The van der Waals surface area contributed by atoms with Crippen molar-refractivity contribution in [3.05, 3.63) is 54.6 Å². The van der Waals surface area contributed by atoms with Gasteiger partial charge in [0, 0.05) is 0 Å². The SMILES string of the molecule is BrPc1ccc[cH-]1.[Fe+2].c1cc[cH-]c1. The molecular formula is C10H10BrFeP. The van der Waals surface area contributed by atoms with E-state index in [0.717, 1.165) is 7.28 Å². The Balaban J connectivity index is 0.000000215. The minimum absolute atomic E-state index is 0. The summed E-state index contributed by atoms with van der Waals surface area (Å²) in [5, 5.41) is 1.38. The fourth-order valence-corrected chi connectivity index (χ4v) is 1.87. The van der Waals surface area contributed by atoms with Gasteiger partial charge in [0.1, 0.15) is 0 Å². The van der Waals surface area contributed by atoms with E-state index in [1.54, 1.807) is 0 Å². The first-order chi connectivity index (χ1) is 5.93. The van der Waals surface area contributed by atoms with Gasteiger partial charge in [-0.15, -0.1) is 5.30 Å². The summed E-state index contributed by atoms with van der Waals surface area (Å²) in [5.41, 5.74) is 0. The third-order valence-electron chi connectivity index (χ3n) is 1.33. The second kappa shape index (κ2) is 8.72. The summed E-state index contributed by atoms with van der Waals surface area (Å²) in [6, 6.07) is 18.3. The van der Waals surface area contributed by atoms with Gasteiger partial charge in [-0.05, 0) is 7.28 Å². The molecule has 0 N–H and O–H groups in total. The maximum absolute atomic E-state index is 3.36. The first-order valence-corrected chi connectivity index (χ1v) is 6.94. The Bertz CT molecular complexity index is 246. The van der Waals surface area contributed by atoms with Gasteiger partial charge in [-0.2, -0.15) is 30.3 Å². The molecular weight excluding hydrogens is 287 g/mol. The van der Waals surface area contributed by atoms with Crippen LogP contribution in [0.15, 0.2) is 54.6 Å². The Kier molecular flexibility index (Phi) is 8.80. The average molecular weight is 297 g/mol. The van der Waals surface area contributed by atoms with Gasteiger partial charge in [0.05, 0.1) is 0 Å². The van der Waals surface area contributed by atoms with Gasteiger partial charge >= 0.3 is 17.1 Å². The van der Waals surface area contributed by atoms with E-state index in [4.69, 9.17) is 0 Å². The standard InChI is InChI=1S/C5H5BrP.C5H5.Fe/c6-7-5-3-1-2-4-5;1-2-4-5-3-1;/h1-4,7H;1-5H;/q2*-1;+2. The van der Waals surface area contributed by atoms with E-state index >= 15 is 0 Å². The minimum Gasteiger partial charge on any atom is -0.214 e. The second-order valence-corrected chi connectivity index (χ2v) is 4.19. The van der Waals surface area contributed by atoms with Gasteiger partial charge in [-0.3, -0.25) is 0 Å². The molecule has 0 saturated heterocycles. The van der Waals surface area contributed by atoms with E-state index in [9.17, 15) is 0 Å². The van der Waals surface area contributed by atoms with E-state index in [-0.39, 0.29) is 17.1 Å². The Labute approximate surface area is 99.5 Å². The normalized spacial score (nSPS) is 9.00. The zero-order valence-corrected chi connectivity index (χ0v) is 10.6. The molecule has 0 nitrogen and oxygen atoms in total. The monoisotopic (exact) mass is 296 g/mol. The molecule has 0 aliphatic carbocycles. The van der Waals surface area contributed by atoms with Crippen molar-refractivity contribution in [2.45, 2.75) is 0 Å². The van der Waals surface area contributed by atoms with Crippen LogP contribution in [0.1, 0.15) is 0 Å². The van der Waals surface area contributed by atoms with Crippen LogP contribution in [0.5, 0.6) is 0 Å². The molecule has 13 heavy (non-hydrogen) atoms. The zero-order valence-electron chi connectivity index (χ0n) is 6.93. The third-order valence-corrected chi connectivity index (χ3v) is 3.25. The minimum atomic E-state index is 0. The Morgan fingerprint density at radius 1 is 1.08 bits per heavy atom. The molecule has 0 radical (unpaired) electrons. The first-order valence-electron chi connectivity index (χ1n) is 3.68. The van der Waals surface area contributed by atoms with Crippen LogP contribution in [0.3, 0.4) is 0 Å². The van der Waals surface area contributed by atoms with Crippen molar-refractivity contribution in [2.24, 2.45) is 0 Å². The van der Waals surface area contributed by atoms with Crippen molar-refractivity contribution in [1.82, 2.24) is 0 Å². The molecule has 0 bridgehead atoms. The molecule has 1 atom stereocenters. The first kappa shape index (κ1) is 13.1. The summed E-state index contributed by atoms with van der Waals surface area (Å²) >= 11 is 3.36. The summed E-state index contributed by atoms with van der Waals surface area (Å²) in [4.78, 5) is 0. The van der Waals surface area contributed by atoms with Crippen LogP contribution in [0, 0.1) is 0 Å². The van der Waals surface area contributed by atoms with Crippen LogP contribution in [0.25, 0.3) is 0 Å².